The summed E-state index contributed by atoms with van der Waals surface area (Å²) in [6, 6.07) is 7.42. The van der Waals surface area contributed by atoms with Crippen LogP contribution in [0.2, 0.25) is 0 Å². The highest BCUT2D eigenvalue weighted by Crippen LogP contribution is 2.27. The lowest BCUT2D eigenvalue weighted by molar-refractivity contribution is -0.146. The third-order valence-corrected chi connectivity index (χ3v) is 3.92. The van der Waals surface area contributed by atoms with Gasteiger partial charge in [0.05, 0.1) is 11.8 Å². The first-order valence-electron chi connectivity index (χ1n) is 6.02. The Morgan fingerprint density at radius 2 is 1.68 bits per heavy atom. The molecule has 0 radical (unpaired) electrons. The number of amides is 1. The zero-order chi connectivity index (χ0) is 13.8. The second-order valence-corrected chi connectivity index (χ2v) is 5.74. The van der Waals surface area contributed by atoms with Crippen molar-refractivity contribution in [3.05, 3.63) is 40.0 Å². The van der Waals surface area contributed by atoms with Gasteiger partial charge in [0.15, 0.2) is 0 Å². The van der Waals surface area contributed by atoms with Crippen molar-refractivity contribution in [2.75, 3.05) is 5.32 Å². The van der Waals surface area contributed by atoms with E-state index in [1.807, 2.05) is 36.4 Å². The number of aliphatic carboxylic acids is 1. The Kier molecular flexibility index (Phi) is 4.57. The maximum Gasteiger partial charge on any atom is 0.307 e. The fourth-order valence-electron chi connectivity index (χ4n) is 2.15. The number of rotatable bonds is 3. The van der Waals surface area contributed by atoms with Gasteiger partial charge in [-0.05, 0) is 59.7 Å². The Hall–Kier alpha value is -1.37. The minimum atomic E-state index is -0.910. The highest BCUT2D eigenvalue weighted by Gasteiger charge is 2.33. The number of carbonyl (C=O) groups excluding carboxylic acids is 1. The van der Waals surface area contributed by atoms with Crippen molar-refractivity contribution in [3.63, 3.8) is 0 Å². The first kappa shape index (κ1) is 14.0. The van der Waals surface area contributed by atoms with Crippen molar-refractivity contribution in [3.8, 4) is 0 Å². The van der Waals surface area contributed by atoms with Crippen LogP contribution in [0, 0.1) is 15.4 Å². The predicted molar refractivity (Wildman–Crippen MR) is 80.8 cm³/mol. The lowest BCUT2D eigenvalue weighted by Gasteiger charge is -2.24. The van der Waals surface area contributed by atoms with Crippen LogP contribution < -0.4 is 5.32 Å². The first-order valence-corrected chi connectivity index (χ1v) is 7.10. The highest BCUT2D eigenvalue weighted by molar-refractivity contribution is 14.1. The van der Waals surface area contributed by atoms with Gasteiger partial charge in [-0.3, -0.25) is 9.59 Å². The molecule has 1 aliphatic rings. The first-order chi connectivity index (χ1) is 9.08. The Bertz CT molecular complexity index is 510. The molecule has 1 amide bonds. The molecule has 1 aromatic carbocycles. The van der Waals surface area contributed by atoms with Crippen molar-refractivity contribution in [1.82, 2.24) is 0 Å². The number of hydrogen-bond donors (Lipinski definition) is 2. The number of nitrogens with one attached hydrogen (secondary N) is 1. The lowest BCUT2D eigenvalue weighted by atomic mass is 9.82. The largest absolute Gasteiger partial charge is 0.481 e. The molecule has 1 aliphatic carbocycles. The number of allylic oxidation sites excluding steroid dienone is 2. The van der Waals surface area contributed by atoms with Crippen molar-refractivity contribution in [2.24, 2.45) is 11.8 Å². The molecule has 0 heterocycles. The molecule has 0 spiro atoms. The van der Waals surface area contributed by atoms with E-state index in [-0.39, 0.29) is 5.91 Å². The van der Waals surface area contributed by atoms with Crippen LogP contribution in [-0.4, -0.2) is 17.0 Å². The Morgan fingerprint density at radius 1 is 1.11 bits per heavy atom. The summed E-state index contributed by atoms with van der Waals surface area (Å²) in [4.78, 5) is 23.3. The number of hydrogen-bond acceptors (Lipinski definition) is 2. The zero-order valence-electron chi connectivity index (χ0n) is 10.2. The molecule has 2 rings (SSSR count). The van der Waals surface area contributed by atoms with Crippen LogP contribution in [0.25, 0.3) is 0 Å². The van der Waals surface area contributed by atoms with Crippen molar-refractivity contribution < 1.29 is 14.7 Å². The maximum absolute atomic E-state index is 12.2. The van der Waals surface area contributed by atoms with Gasteiger partial charge in [0.1, 0.15) is 0 Å². The van der Waals surface area contributed by atoms with Gasteiger partial charge in [0, 0.05) is 9.26 Å². The molecule has 0 aliphatic heterocycles. The van der Waals surface area contributed by atoms with E-state index in [4.69, 9.17) is 5.11 Å². The van der Waals surface area contributed by atoms with Gasteiger partial charge in [-0.2, -0.15) is 0 Å². The molecule has 5 heteroatoms. The molecule has 19 heavy (non-hydrogen) atoms. The topological polar surface area (TPSA) is 66.4 Å². The minimum absolute atomic E-state index is 0.224. The van der Waals surface area contributed by atoms with Crippen LogP contribution in [0.5, 0.6) is 0 Å². The molecule has 0 saturated heterocycles. The van der Waals surface area contributed by atoms with Crippen molar-refractivity contribution >= 4 is 40.2 Å². The summed E-state index contributed by atoms with van der Waals surface area (Å²) in [6.07, 6.45) is 4.60. The molecule has 0 unspecified atom stereocenters. The quantitative estimate of drug-likeness (QED) is 0.634. The Morgan fingerprint density at radius 3 is 2.26 bits per heavy atom. The third-order valence-electron chi connectivity index (χ3n) is 3.20. The number of carboxylic acid groups (broad SMARTS) is 1. The van der Waals surface area contributed by atoms with Gasteiger partial charge in [-0.25, -0.2) is 0 Å². The van der Waals surface area contributed by atoms with Crippen molar-refractivity contribution in [2.45, 2.75) is 12.8 Å². The average molecular weight is 371 g/mol. The molecular formula is C14H14INO3. The van der Waals surface area contributed by atoms with E-state index in [1.165, 1.54) is 0 Å². The van der Waals surface area contributed by atoms with Crippen LogP contribution in [-0.2, 0) is 9.59 Å². The second kappa shape index (κ2) is 6.18. The normalized spacial score (nSPS) is 21.9. The maximum atomic E-state index is 12.2. The zero-order valence-corrected chi connectivity index (χ0v) is 12.3. The van der Waals surface area contributed by atoms with Gasteiger partial charge >= 0.3 is 5.97 Å². The summed E-state index contributed by atoms with van der Waals surface area (Å²) < 4.78 is 1.08. The van der Waals surface area contributed by atoms with Crippen molar-refractivity contribution in [1.29, 1.82) is 0 Å². The SMILES string of the molecule is O=C(O)[C@H]1CC=CC[C@H]1C(=O)Nc1ccc(I)cc1. The molecule has 0 saturated carbocycles. The molecule has 100 valence electrons. The van der Waals surface area contributed by atoms with E-state index in [1.54, 1.807) is 0 Å². The number of carbonyl (C=O) groups is 2. The predicted octanol–water partition coefficient (Wildman–Crippen LogP) is 2.90. The summed E-state index contributed by atoms with van der Waals surface area (Å²) in [5, 5.41) is 11.9. The monoisotopic (exact) mass is 371 g/mol. The van der Waals surface area contributed by atoms with E-state index in [0.717, 1.165) is 3.57 Å². The van der Waals surface area contributed by atoms with Gasteiger partial charge in [-0.15, -0.1) is 0 Å². The van der Waals surface area contributed by atoms with Crippen LogP contribution in [0.1, 0.15) is 12.8 Å². The molecule has 0 bridgehead atoms. The fraction of sp³-hybridized carbons (Fsp3) is 0.286. The van der Waals surface area contributed by atoms with E-state index in [0.29, 0.717) is 18.5 Å². The summed E-state index contributed by atoms with van der Waals surface area (Å²) in [7, 11) is 0. The molecule has 0 fully saturated rings. The van der Waals surface area contributed by atoms with Gasteiger partial charge in [0.25, 0.3) is 0 Å². The highest BCUT2D eigenvalue weighted by atomic mass is 127. The minimum Gasteiger partial charge on any atom is -0.481 e. The molecule has 0 aromatic heterocycles. The van der Waals surface area contributed by atoms with Crippen LogP contribution in [0.3, 0.4) is 0 Å². The molecular weight excluding hydrogens is 357 g/mol. The summed E-state index contributed by atoms with van der Waals surface area (Å²) in [5.41, 5.74) is 0.698. The van der Waals surface area contributed by atoms with E-state index >= 15 is 0 Å². The average Bonchev–Trinajstić information content (AvgIpc) is 2.41. The molecule has 1 aromatic rings. The van der Waals surface area contributed by atoms with Gasteiger partial charge in [-0.1, -0.05) is 12.2 Å². The Balaban J connectivity index is 2.08. The van der Waals surface area contributed by atoms with Gasteiger partial charge in [0.2, 0.25) is 5.91 Å². The van der Waals surface area contributed by atoms with Crippen LogP contribution >= 0.6 is 22.6 Å². The molecule has 4 nitrogen and oxygen atoms in total. The second-order valence-electron chi connectivity index (χ2n) is 4.49. The smallest absolute Gasteiger partial charge is 0.307 e. The number of benzene rings is 1. The summed E-state index contributed by atoms with van der Waals surface area (Å²) >= 11 is 2.19. The van der Waals surface area contributed by atoms with E-state index in [9.17, 15) is 9.59 Å². The van der Waals surface area contributed by atoms with Crippen LogP contribution in [0.4, 0.5) is 5.69 Å². The standard InChI is InChI=1S/C14H14INO3/c15-9-5-7-10(8-6-9)16-13(17)11-3-1-2-4-12(11)14(18)19/h1-2,5-8,11-12H,3-4H2,(H,16,17)(H,18,19)/t11-,12+/m1/s1. The number of halogens is 1. The molecule has 2 atom stereocenters. The lowest BCUT2D eigenvalue weighted by Crippen LogP contribution is -2.34. The Labute approximate surface area is 125 Å². The van der Waals surface area contributed by atoms with E-state index in [2.05, 4.69) is 27.9 Å². The summed E-state index contributed by atoms with van der Waals surface area (Å²) in [6.45, 7) is 0. The van der Waals surface area contributed by atoms with Crippen LogP contribution in [0.15, 0.2) is 36.4 Å². The summed E-state index contributed by atoms with van der Waals surface area (Å²) in [5.74, 6) is -2.26. The number of anilines is 1. The molecule has 2 N–H and O–H groups in total. The van der Waals surface area contributed by atoms with Gasteiger partial charge < -0.3 is 10.4 Å². The number of carboxylic acids is 1. The third kappa shape index (κ3) is 3.56. The fourth-order valence-corrected chi connectivity index (χ4v) is 2.50. The van der Waals surface area contributed by atoms with E-state index < -0.39 is 17.8 Å².